The van der Waals surface area contributed by atoms with Crippen molar-refractivity contribution < 1.29 is 14.4 Å². The predicted molar refractivity (Wildman–Crippen MR) is 201 cm³/mol. The Hall–Kier alpha value is -4.03. The second-order valence-corrected chi connectivity index (χ2v) is 16.0. The van der Waals surface area contributed by atoms with E-state index in [1.807, 2.05) is 17.0 Å². The molecule has 1 aromatic heterocycles. The summed E-state index contributed by atoms with van der Waals surface area (Å²) in [6, 6.07) is 14.7. The summed E-state index contributed by atoms with van der Waals surface area (Å²) in [6.07, 6.45) is 7.83. The minimum absolute atomic E-state index is 0.115. The molecule has 2 aromatic carbocycles. The van der Waals surface area contributed by atoms with Crippen LogP contribution < -0.4 is 21.1 Å². The van der Waals surface area contributed by atoms with Crippen LogP contribution in [-0.4, -0.2) is 89.7 Å². The van der Waals surface area contributed by atoms with E-state index in [-0.39, 0.29) is 40.7 Å². The molecule has 0 saturated carbocycles. The Bertz CT molecular complexity index is 1860. The summed E-state index contributed by atoms with van der Waals surface area (Å²) in [5.41, 5.74) is 6.14. The lowest BCUT2D eigenvalue weighted by molar-refractivity contribution is -0.134. The Morgan fingerprint density at radius 1 is 0.941 bits per heavy atom. The number of nitrogens with one attached hydrogen (secondary N) is 2. The minimum Gasteiger partial charge on any atom is -0.379 e. The number of hydrogen-bond acceptors (Lipinski definition) is 8. The van der Waals surface area contributed by atoms with Gasteiger partial charge in [-0.15, -0.1) is 0 Å². The number of hydrogen-bond donors (Lipinski definition) is 2. The molecule has 12 heteroatoms. The molecule has 0 aliphatic carbocycles. The smallest absolute Gasteiger partial charge is 0.282 e. The highest BCUT2D eigenvalue weighted by Gasteiger charge is 2.39. The molecule has 1 spiro atoms. The predicted octanol–water partition coefficient (Wildman–Crippen LogP) is 4.79. The molecule has 1 unspecified atom stereocenters. The van der Waals surface area contributed by atoms with Crippen molar-refractivity contribution in [3.63, 3.8) is 0 Å². The molecule has 3 aromatic rings. The third-order valence-electron chi connectivity index (χ3n) is 11.8. The van der Waals surface area contributed by atoms with Crippen molar-refractivity contribution in [2.75, 3.05) is 56.5 Å². The first-order valence-corrected chi connectivity index (χ1v) is 19.0. The molecule has 0 radical (unpaired) electrons. The molecule has 0 bridgehead atoms. The highest BCUT2D eigenvalue weighted by atomic mass is 79.9. The summed E-state index contributed by atoms with van der Waals surface area (Å²) in [5.74, 6) is -0.223. The largest absolute Gasteiger partial charge is 0.379 e. The van der Waals surface area contributed by atoms with Crippen LogP contribution in [0.15, 0.2) is 57.9 Å². The first kappa shape index (κ1) is 35.4. The van der Waals surface area contributed by atoms with Crippen LogP contribution in [0.2, 0.25) is 0 Å². The zero-order valence-electron chi connectivity index (χ0n) is 29.8. The van der Waals surface area contributed by atoms with E-state index in [2.05, 4.69) is 85.8 Å². The highest BCUT2D eigenvalue weighted by molar-refractivity contribution is 9.10. The molecule has 7 rings (SSSR count). The van der Waals surface area contributed by atoms with Crippen LogP contribution >= 0.6 is 15.9 Å². The number of imide groups is 1. The molecule has 4 aliphatic rings. The molecular weight excluding hydrogens is 710 g/mol. The average Bonchev–Trinajstić information content (AvgIpc) is 3.12. The van der Waals surface area contributed by atoms with Gasteiger partial charge in [0, 0.05) is 70.0 Å². The lowest BCUT2D eigenvalue weighted by Gasteiger charge is -2.47. The number of halogens is 1. The number of carbonyl (C=O) groups excluding carboxylic acids is 3. The molecule has 11 nitrogen and oxygen atoms in total. The number of benzene rings is 2. The van der Waals surface area contributed by atoms with Gasteiger partial charge in [-0.2, -0.15) is 5.10 Å². The number of anilines is 2. The van der Waals surface area contributed by atoms with Gasteiger partial charge in [-0.1, -0.05) is 24.3 Å². The Morgan fingerprint density at radius 2 is 1.63 bits per heavy atom. The van der Waals surface area contributed by atoms with E-state index in [9.17, 15) is 19.2 Å². The molecule has 4 fully saturated rings. The van der Waals surface area contributed by atoms with Crippen LogP contribution in [0, 0.1) is 12.3 Å². The minimum atomic E-state index is -0.263. The summed E-state index contributed by atoms with van der Waals surface area (Å²) in [7, 11) is 3.76. The first-order chi connectivity index (χ1) is 24.5. The van der Waals surface area contributed by atoms with Crippen LogP contribution in [-0.2, 0) is 16.6 Å². The maximum absolute atomic E-state index is 13.6. The molecule has 4 saturated heterocycles. The summed E-state index contributed by atoms with van der Waals surface area (Å²) < 4.78 is 1.81. The number of aryl methyl sites for hydroxylation is 2. The van der Waals surface area contributed by atoms with Gasteiger partial charge in [-0.05, 0) is 115 Å². The van der Waals surface area contributed by atoms with Crippen LogP contribution in [0.4, 0.5) is 11.4 Å². The highest BCUT2D eigenvalue weighted by Crippen LogP contribution is 2.43. The van der Waals surface area contributed by atoms with Gasteiger partial charge in [0.25, 0.3) is 11.5 Å². The first-order valence-electron chi connectivity index (χ1n) is 18.2. The molecule has 5 heterocycles. The van der Waals surface area contributed by atoms with Crippen molar-refractivity contribution in [2.45, 2.75) is 69.7 Å². The monoisotopic (exact) mass is 757 g/mol. The molecule has 3 amide bonds. The number of rotatable bonds is 6. The number of aromatic nitrogens is 2. The lowest BCUT2D eigenvalue weighted by Crippen LogP contribution is -2.48. The number of piperidine rings is 4. The van der Waals surface area contributed by atoms with Crippen LogP contribution in [0.3, 0.4) is 0 Å². The molecular formula is C39H48BrN7O4. The Kier molecular flexibility index (Phi) is 10.1. The average molecular weight is 759 g/mol. The van der Waals surface area contributed by atoms with Crippen LogP contribution in [0.25, 0.3) is 0 Å². The fourth-order valence-corrected chi connectivity index (χ4v) is 9.22. The van der Waals surface area contributed by atoms with E-state index in [1.54, 1.807) is 13.2 Å². The van der Waals surface area contributed by atoms with E-state index in [4.69, 9.17) is 0 Å². The number of nitrogens with zero attached hydrogens (tertiary/aromatic N) is 5. The van der Waals surface area contributed by atoms with Gasteiger partial charge in [-0.25, -0.2) is 4.68 Å². The lowest BCUT2D eigenvalue weighted by atomic mass is 9.71. The second kappa shape index (κ2) is 14.5. The quantitative estimate of drug-likeness (QED) is 0.345. The SMILES string of the molecule is Cc1cc(C2CCC(=O)NC2=O)ccc1N1CCC2(CCN(C(=O)c3ccc([C@@H]4C[C@H](Nc5cnn(C)c(=O)c5Br)CN(C)C4)cc3)CC2)CC1. The van der Waals surface area contributed by atoms with Gasteiger partial charge >= 0.3 is 0 Å². The molecule has 270 valence electrons. The van der Waals surface area contributed by atoms with Gasteiger partial charge in [0.05, 0.1) is 17.8 Å². The summed E-state index contributed by atoms with van der Waals surface area (Å²) in [5, 5.41) is 10.2. The second-order valence-electron chi connectivity index (χ2n) is 15.2. The third-order valence-corrected chi connectivity index (χ3v) is 12.6. The van der Waals surface area contributed by atoms with Crippen molar-refractivity contribution in [1.29, 1.82) is 0 Å². The fourth-order valence-electron chi connectivity index (χ4n) is 8.75. The van der Waals surface area contributed by atoms with Gasteiger partial charge in [0.2, 0.25) is 11.8 Å². The van der Waals surface area contributed by atoms with Gasteiger partial charge in [-0.3, -0.25) is 24.5 Å². The normalized spacial score (nSPS) is 24.0. The third kappa shape index (κ3) is 7.48. The number of amides is 3. The van der Waals surface area contributed by atoms with Crippen molar-refractivity contribution in [1.82, 2.24) is 24.9 Å². The molecule has 4 aliphatic heterocycles. The zero-order chi connectivity index (χ0) is 35.9. The van der Waals surface area contributed by atoms with E-state index in [1.165, 1.54) is 15.9 Å². The zero-order valence-corrected chi connectivity index (χ0v) is 31.4. The van der Waals surface area contributed by atoms with Gasteiger partial charge in [0.15, 0.2) is 0 Å². The molecule has 3 atom stereocenters. The Balaban J connectivity index is 0.912. The Labute approximate surface area is 307 Å². The van der Waals surface area contributed by atoms with Gasteiger partial charge in [0.1, 0.15) is 4.47 Å². The van der Waals surface area contributed by atoms with E-state index < -0.39 is 0 Å². The van der Waals surface area contributed by atoms with Crippen LogP contribution in [0.1, 0.15) is 83.8 Å². The van der Waals surface area contributed by atoms with E-state index >= 15 is 0 Å². The topological polar surface area (TPSA) is 120 Å². The maximum Gasteiger partial charge on any atom is 0.282 e. The van der Waals surface area contributed by atoms with Crippen LogP contribution in [0.5, 0.6) is 0 Å². The summed E-state index contributed by atoms with van der Waals surface area (Å²) in [6.45, 7) is 7.45. The van der Waals surface area contributed by atoms with Crippen molar-refractivity contribution in [2.24, 2.45) is 12.5 Å². The fraction of sp³-hybridized carbons (Fsp3) is 0.513. The number of carbonyl (C=O) groups is 3. The summed E-state index contributed by atoms with van der Waals surface area (Å²) >= 11 is 3.43. The van der Waals surface area contributed by atoms with Gasteiger partial charge < -0.3 is 20.0 Å². The molecule has 2 N–H and O–H groups in total. The molecule has 51 heavy (non-hydrogen) atoms. The Morgan fingerprint density at radius 3 is 2.31 bits per heavy atom. The van der Waals surface area contributed by atoms with Crippen molar-refractivity contribution in [3.05, 3.63) is 85.7 Å². The maximum atomic E-state index is 13.6. The number of likely N-dealkylation sites (N-methyl/N-ethyl adjacent to an activating group) is 1. The van der Waals surface area contributed by atoms with E-state index in [0.717, 1.165) is 88.1 Å². The standard InChI is InChI=1S/C39H48BrN7O4/c1-25-20-28(31-9-11-34(48)43-36(31)49)8-10-33(25)46-16-12-39(13-17-46)14-18-47(19-15-39)37(50)27-6-4-26(5-7-27)29-21-30(24-44(2)23-29)42-32-22-41-45(3)38(51)35(32)40/h4-8,10,20,22,29-31,42H,9,11-19,21,23-24H2,1-3H3,(H,43,48,49)/t29-,30+,31?/m1/s1. The number of likely N-dealkylation sites (tertiary alicyclic amines) is 2. The van der Waals surface area contributed by atoms with E-state index in [0.29, 0.717) is 28.9 Å². The van der Waals surface area contributed by atoms with Crippen molar-refractivity contribution >= 4 is 45.0 Å². The summed E-state index contributed by atoms with van der Waals surface area (Å²) in [4.78, 5) is 56.8. The van der Waals surface area contributed by atoms with Crippen molar-refractivity contribution in [3.8, 4) is 0 Å².